The minimum atomic E-state index is -0.302. The van der Waals surface area contributed by atoms with E-state index in [4.69, 9.17) is 4.74 Å². The fourth-order valence-corrected chi connectivity index (χ4v) is 3.70. The fourth-order valence-electron chi connectivity index (χ4n) is 2.82. The quantitative estimate of drug-likeness (QED) is 0.510. The summed E-state index contributed by atoms with van der Waals surface area (Å²) in [6.45, 7) is 4.84. The first-order valence-corrected chi connectivity index (χ1v) is 10.6. The molecule has 2 aromatic carbocycles. The minimum absolute atomic E-state index is 0.0581. The maximum atomic E-state index is 12.6. The number of nitrogens with one attached hydrogen (secondary N) is 1. The molecule has 1 unspecified atom stereocenters. The molecule has 29 heavy (non-hydrogen) atoms. The number of carbonyl (C=O) groups is 1. The Kier molecular flexibility index (Phi) is 7.30. The highest BCUT2D eigenvalue weighted by molar-refractivity contribution is 8.00. The van der Waals surface area contributed by atoms with Crippen molar-refractivity contribution in [2.24, 2.45) is 0 Å². The maximum absolute atomic E-state index is 12.6. The zero-order valence-corrected chi connectivity index (χ0v) is 17.8. The second kappa shape index (κ2) is 10.1. The first kappa shape index (κ1) is 20.9. The molecule has 3 rings (SSSR count). The molecule has 1 heterocycles. The second-order valence-corrected chi connectivity index (χ2v) is 7.96. The van der Waals surface area contributed by atoms with Crippen LogP contribution in [0.2, 0.25) is 0 Å². The van der Waals surface area contributed by atoms with Crippen molar-refractivity contribution in [1.29, 1.82) is 0 Å². The van der Waals surface area contributed by atoms with E-state index in [1.807, 2.05) is 61.5 Å². The maximum Gasteiger partial charge on any atom is 0.237 e. The zero-order valence-electron chi connectivity index (χ0n) is 17.0. The summed E-state index contributed by atoms with van der Waals surface area (Å²) in [5.74, 6) is 1.55. The molecule has 0 saturated carbocycles. The standard InChI is InChI=1S/C22H26N4O2S/c1-4-5-15-26-20(17-11-13-19(28-3)14-12-17)24-25-22(26)29-16(2)21(27)23-18-9-7-6-8-10-18/h6-14,16H,4-5,15H2,1-3H3,(H,23,27). The largest absolute Gasteiger partial charge is 0.497 e. The number of unbranched alkanes of at least 4 members (excludes halogenated alkanes) is 1. The molecular formula is C22H26N4O2S. The number of methoxy groups -OCH3 is 1. The Morgan fingerprint density at radius 2 is 1.86 bits per heavy atom. The second-order valence-electron chi connectivity index (χ2n) is 6.66. The SMILES string of the molecule is CCCCn1c(SC(C)C(=O)Nc2ccccc2)nnc1-c1ccc(OC)cc1. The van der Waals surface area contributed by atoms with E-state index in [0.29, 0.717) is 0 Å². The van der Waals surface area contributed by atoms with Gasteiger partial charge in [0.05, 0.1) is 12.4 Å². The van der Waals surface area contributed by atoms with Gasteiger partial charge in [0.25, 0.3) is 0 Å². The van der Waals surface area contributed by atoms with E-state index >= 15 is 0 Å². The number of para-hydroxylation sites is 1. The highest BCUT2D eigenvalue weighted by Crippen LogP contribution is 2.28. The lowest BCUT2D eigenvalue weighted by Gasteiger charge is -2.14. The molecule has 0 aliphatic rings. The molecule has 0 saturated heterocycles. The third-order valence-electron chi connectivity index (χ3n) is 4.49. The lowest BCUT2D eigenvalue weighted by atomic mass is 10.2. The number of anilines is 1. The molecule has 0 aliphatic carbocycles. The third kappa shape index (κ3) is 5.38. The number of hydrogen-bond donors (Lipinski definition) is 1. The van der Waals surface area contributed by atoms with Gasteiger partial charge in [0.15, 0.2) is 11.0 Å². The molecule has 1 N–H and O–H groups in total. The minimum Gasteiger partial charge on any atom is -0.497 e. The number of rotatable bonds is 9. The van der Waals surface area contributed by atoms with Crippen molar-refractivity contribution in [1.82, 2.24) is 14.8 Å². The van der Waals surface area contributed by atoms with Crippen molar-refractivity contribution in [2.45, 2.75) is 43.6 Å². The molecule has 1 atom stereocenters. The molecule has 0 radical (unpaired) electrons. The number of aromatic nitrogens is 3. The van der Waals surface area contributed by atoms with E-state index in [2.05, 4.69) is 27.0 Å². The molecule has 0 spiro atoms. The van der Waals surface area contributed by atoms with Crippen molar-refractivity contribution in [3.63, 3.8) is 0 Å². The Bertz CT molecular complexity index is 926. The summed E-state index contributed by atoms with van der Waals surface area (Å²) >= 11 is 1.42. The highest BCUT2D eigenvalue weighted by atomic mass is 32.2. The molecule has 0 bridgehead atoms. The van der Waals surface area contributed by atoms with Crippen LogP contribution in [0.15, 0.2) is 59.8 Å². The lowest BCUT2D eigenvalue weighted by molar-refractivity contribution is -0.115. The Morgan fingerprint density at radius 3 is 2.52 bits per heavy atom. The number of nitrogens with zero attached hydrogens (tertiary/aromatic N) is 3. The van der Waals surface area contributed by atoms with Crippen LogP contribution in [-0.4, -0.2) is 33.0 Å². The van der Waals surface area contributed by atoms with E-state index in [1.165, 1.54) is 11.8 Å². The van der Waals surface area contributed by atoms with Gasteiger partial charge in [-0.15, -0.1) is 10.2 Å². The van der Waals surface area contributed by atoms with Gasteiger partial charge in [0, 0.05) is 17.8 Å². The molecule has 1 amide bonds. The summed E-state index contributed by atoms with van der Waals surface area (Å²) < 4.78 is 7.34. The first-order valence-electron chi connectivity index (χ1n) is 9.72. The Hall–Kier alpha value is -2.80. The molecule has 0 fully saturated rings. The average molecular weight is 411 g/mol. The van der Waals surface area contributed by atoms with Crippen LogP contribution in [0.1, 0.15) is 26.7 Å². The van der Waals surface area contributed by atoms with Crippen LogP contribution in [0.25, 0.3) is 11.4 Å². The van der Waals surface area contributed by atoms with Gasteiger partial charge in [0.2, 0.25) is 5.91 Å². The molecule has 6 nitrogen and oxygen atoms in total. The summed E-state index contributed by atoms with van der Waals surface area (Å²) in [6, 6.07) is 17.3. The highest BCUT2D eigenvalue weighted by Gasteiger charge is 2.21. The van der Waals surface area contributed by atoms with E-state index in [9.17, 15) is 4.79 Å². The lowest BCUT2D eigenvalue weighted by Crippen LogP contribution is -2.23. The van der Waals surface area contributed by atoms with Crippen LogP contribution in [0, 0.1) is 0 Å². The van der Waals surface area contributed by atoms with Crippen LogP contribution in [-0.2, 0) is 11.3 Å². The van der Waals surface area contributed by atoms with E-state index in [-0.39, 0.29) is 11.2 Å². The number of benzene rings is 2. The summed E-state index contributed by atoms with van der Waals surface area (Å²) in [4.78, 5) is 12.6. The van der Waals surface area contributed by atoms with Gasteiger partial charge in [-0.1, -0.05) is 43.3 Å². The number of amides is 1. The monoisotopic (exact) mass is 410 g/mol. The number of hydrogen-bond acceptors (Lipinski definition) is 5. The van der Waals surface area contributed by atoms with Gasteiger partial charge >= 0.3 is 0 Å². The normalized spacial score (nSPS) is 11.8. The average Bonchev–Trinajstić information content (AvgIpc) is 3.15. The van der Waals surface area contributed by atoms with Crippen molar-refractivity contribution in [2.75, 3.05) is 12.4 Å². The Morgan fingerprint density at radius 1 is 1.14 bits per heavy atom. The van der Waals surface area contributed by atoms with Gasteiger partial charge in [-0.25, -0.2) is 0 Å². The van der Waals surface area contributed by atoms with Crippen LogP contribution < -0.4 is 10.1 Å². The van der Waals surface area contributed by atoms with Crippen LogP contribution in [0.5, 0.6) is 5.75 Å². The van der Waals surface area contributed by atoms with Gasteiger partial charge in [-0.05, 0) is 49.7 Å². The topological polar surface area (TPSA) is 69.0 Å². The van der Waals surface area contributed by atoms with Gasteiger partial charge in [-0.3, -0.25) is 4.79 Å². The molecule has 0 aliphatic heterocycles. The van der Waals surface area contributed by atoms with Crippen LogP contribution >= 0.6 is 11.8 Å². The van der Waals surface area contributed by atoms with Crippen molar-refractivity contribution < 1.29 is 9.53 Å². The molecular weight excluding hydrogens is 384 g/mol. The first-order chi connectivity index (χ1) is 14.1. The smallest absolute Gasteiger partial charge is 0.237 e. The third-order valence-corrected chi connectivity index (χ3v) is 5.57. The van der Waals surface area contributed by atoms with Gasteiger partial charge in [-0.2, -0.15) is 0 Å². The van der Waals surface area contributed by atoms with Crippen molar-refractivity contribution >= 4 is 23.4 Å². The van der Waals surface area contributed by atoms with E-state index < -0.39 is 0 Å². The Balaban J connectivity index is 1.78. The summed E-state index contributed by atoms with van der Waals surface area (Å²) in [7, 11) is 1.65. The van der Waals surface area contributed by atoms with Gasteiger partial charge in [0.1, 0.15) is 5.75 Å². The predicted octanol–water partition coefficient (Wildman–Crippen LogP) is 4.87. The van der Waals surface area contributed by atoms with E-state index in [1.54, 1.807) is 7.11 Å². The molecule has 1 aromatic heterocycles. The summed E-state index contributed by atoms with van der Waals surface area (Å²) in [5, 5.41) is 12.2. The summed E-state index contributed by atoms with van der Waals surface area (Å²) in [5.41, 5.74) is 1.76. The Labute approximate surface area is 175 Å². The number of ether oxygens (including phenoxy) is 1. The predicted molar refractivity (Wildman–Crippen MR) is 117 cm³/mol. The molecule has 3 aromatic rings. The zero-order chi connectivity index (χ0) is 20.6. The summed E-state index contributed by atoms with van der Waals surface area (Å²) in [6.07, 6.45) is 2.08. The van der Waals surface area contributed by atoms with E-state index in [0.717, 1.165) is 47.4 Å². The van der Waals surface area contributed by atoms with Crippen molar-refractivity contribution in [3.05, 3.63) is 54.6 Å². The molecule has 7 heteroatoms. The number of thioether (sulfide) groups is 1. The number of carbonyl (C=O) groups excluding carboxylic acids is 1. The fraction of sp³-hybridized carbons (Fsp3) is 0.318. The van der Waals surface area contributed by atoms with Crippen molar-refractivity contribution in [3.8, 4) is 17.1 Å². The van der Waals surface area contributed by atoms with Crippen LogP contribution in [0.3, 0.4) is 0 Å². The van der Waals surface area contributed by atoms with Crippen LogP contribution in [0.4, 0.5) is 5.69 Å². The molecule has 152 valence electrons. The van der Waals surface area contributed by atoms with Gasteiger partial charge < -0.3 is 14.6 Å².